The lowest BCUT2D eigenvalue weighted by Crippen LogP contribution is -2.48. The molecular formula is C29H29NO4. The molecule has 2 amide bonds. The van der Waals surface area contributed by atoms with Gasteiger partial charge >= 0.3 is 5.97 Å². The topological polar surface area (TPSA) is 63.7 Å². The van der Waals surface area contributed by atoms with Crippen LogP contribution in [0, 0.1) is 35.5 Å². The number of rotatable bonds is 7. The summed E-state index contributed by atoms with van der Waals surface area (Å²) in [5.74, 6) is 0.119. The Labute approximate surface area is 199 Å². The minimum absolute atomic E-state index is 0.126. The summed E-state index contributed by atoms with van der Waals surface area (Å²) in [4.78, 5) is 42.1. The van der Waals surface area contributed by atoms with Crippen molar-refractivity contribution in [2.24, 2.45) is 35.5 Å². The first-order chi connectivity index (χ1) is 16.6. The molecule has 0 N–H and O–H groups in total. The van der Waals surface area contributed by atoms with Crippen LogP contribution in [0.2, 0.25) is 0 Å². The van der Waals surface area contributed by atoms with Crippen LogP contribution in [-0.2, 0) is 27.2 Å². The molecule has 7 rings (SSSR count). The van der Waals surface area contributed by atoms with Crippen LogP contribution < -0.4 is 4.74 Å². The second kappa shape index (κ2) is 8.23. The summed E-state index contributed by atoms with van der Waals surface area (Å²) in [5, 5.41) is 0. The zero-order valence-corrected chi connectivity index (χ0v) is 19.3. The van der Waals surface area contributed by atoms with Crippen molar-refractivity contribution in [3.8, 4) is 5.75 Å². The Bertz CT molecular complexity index is 1120. The Hall–Kier alpha value is -3.21. The molecule has 5 aliphatic rings. The molecule has 7 atom stereocenters. The molecule has 3 fully saturated rings. The summed E-state index contributed by atoms with van der Waals surface area (Å²) in [6.45, 7) is 2.12. The van der Waals surface area contributed by atoms with Crippen LogP contribution in [0.5, 0.6) is 5.75 Å². The van der Waals surface area contributed by atoms with Crippen LogP contribution >= 0.6 is 0 Å². The number of carbonyl (C=O) groups is 3. The van der Waals surface area contributed by atoms with Crippen LogP contribution in [0.25, 0.3) is 0 Å². The number of allylic oxidation sites excluding steroid dienone is 2. The summed E-state index contributed by atoms with van der Waals surface area (Å²) in [5.41, 5.74) is 2.07. The third-order valence-corrected chi connectivity index (χ3v) is 8.23. The van der Waals surface area contributed by atoms with E-state index in [1.165, 1.54) is 10.5 Å². The van der Waals surface area contributed by atoms with E-state index in [4.69, 9.17) is 4.74 Å². The zero-order valence-electron chi connectivity index (χ0n) is 19.3. The maximum atomic E-state index is 13.7. The number of amides is 2. The first kappa shape index (κ1) is 21.3. The highest BCUT2D eigenvalue weighted by Crippen LogP contribution is 2.65. The Morgan fingerprint density at radius 1 is 0.912 bits per heavy atom. The Morgan fingerprint density at radius 2 is 1.53 bits per heavy atom. The maximum absolute atomic E-state index is 13.7. The number of carbonyl (C=O) groups excluding carboxylic acids is 3. The number of likely N-dealkylation sites (tertiary alicyclic amines) is 1. The number of nitrogens with zero attached hydrogens (tertiary/aromatic N) is 1. The minimum Gasteiger partial charge on any atom is -0.425 e. The van der Waals surface area contributed by atoms with Gasteiger partial charge in [0.05, 0.1) is 11.8 Å². The number of ether oxygens (including phenoxy) is 1. The van der Waals surface area contributed by atoms with Crippen LogP contribution in [0.15, 0.2) is 66.7 Å². The summed E-state index contributed by atoms with van der Waals surface area (Å²) < 4.78 is 5.74. The smallest absolute Gasteiger partial charge is 0.335 e. The molecule has 0 unspecified atom stereocenters. The molecule has 5 nitrogen and oxygen atoms in total. The van der Waals surface area contributed by atoms with Gasteiger partial charge in [-0.1, -0.05) is 68.0 Å². The molecule has 174 valence electrons. The maximum Gasteiger partial charge on any atom is 0.335 e. The van der Waals surface area contributed by atoms with Crippen LogP contribution in [0.3, 0.4) is 0 Å². The highest BCUT2D eigenvalue weighted by molar-refractivity contribution is 6.09. The van der Waals surface area contributed by atoms with E-state index >= 15 is 0 Å². The Kier molecular flexibility index (Phi) is 5.16. The molecule has 0 spiro atoms. The van der Waals surface area contributed by atoms with E-state index in [-0.39, 0.29) is 41.9 Å². The normalized spacial score (nSPS) is 31.3. The first-order valence-corrected chi connectivity index (χ1v) is 12.5. The van der Waals surface area contributed by atoms with E-state index in [9.17, 15) is 14.4 Å². The molecule has 34 heavy (non-hydrogen) atoms. The van der Waals surface area contributed by atoms with Gasteiger partial charge in [0.15, 0.2) is 0 Å². The highest BCUT2D eigenvalue weighted by atomic mass is 16.5. The molecule has 5 heteroatoms. The Morgan fingerprint density at radius 3 is 2.12 bits per heavy atom. The molecule has 0 radical (unpaired) electrons. The highest BCUT2D eigenvalue weighted by Gasteiger charge is 2.68. The molecule has 1 heterocycles. The summed E-state index contributed by atoms with van der Waals surface area (Å²) in [6, 6.07) is 16.0. The van der Waals surface area contributed by atoms with E-state index < -0.39 is 12.0 Å². The van der Waals surface area contributed by atoms with E-state index in [1.807, 2.05) is 42.5 Å². The van der Waals surface area contributed by atoms with Crippen molar-refractivity contribution >= 4 is 17.8 Å². The average molecular weight is 456 g/mol. The van der Waals surface area contributed by atoms with Gasteiger partial charge in [-0.3, -0.25) is 14.5 Å². The van der Waals surface area contributed by atoms with Crippen molar-refractivity contribution in [2.45, 2.75) is 38.6 Å². The molecule has 2 aromatic rings. The SMILES string of the molecule is CCCc1ccc(OC(=O)[C@H](Cc2ccccc2)N2C(=O)[C@@H]3[C@H]4C=C[C@@H]([C@@H]5C[C@H]45)[C@H]3C2=O)cc1. The Balaban J connectivity index is 1.29. The van der Waals surface area contributed by atoms with Crippen molar-refractivity contribution in [3.05, 3.63) is 77.9 Å². The van der Waals surface area contributed by atoms with E-state index in [0.717, 1.165) is 24.8 Å². The fraction of sp³-hybridized carbons (Fsp3) is 0.414. The van der Waals surface area contributed by atoms with Gasteiger partial charge in [-0.15, -0.1) is 0 Å². The number of aryl methyl sites for hydroxylation is 1. The number of hydrogen-bond donors (Lipinski definition) is 0. The minimum atomic E-state index is -0.973. The molecular weight excluding hydrogens is 426 g/mol. The fourth-order valence-corrected chi connectivity index (χ4v) is 6.60. The van der Waals surface area contributed by atoms with Gasteiger partial charge < -0.3 is 4.74 Å². The molecule has 1 aliphatic heterocycles. The van der Waals surface area contributed by atoms with Crippen LogP contribution in [-0.4, -0.2) is 28.7 Å². The summed E-state index contributed by atoms with van der Waals surface area (Å²) in [7, 11) is 0. The van der Waals surface area contributed by atoms with Gasteiger partial charge in [0, 0.05) is 6.42 Å². The quantitative estimate of drug-likeness (QED) is 0.272. The standard InChI is InChI=1S/C29H29NO4/c1-2-6-17-9-11-19(12-10-17)34-29(33)24(15-18-7-4-3-5-8-18)30-27(31)25-20-13-14-21(23-16-22(20)23)26(25)28(30)32/h3-5,7-14,20-26H,2,6,15-16H2,1H3/t20-,21-,22-,23+,24-,25+,26+/m0/s1. The van der Waals surface area contributed by atoms with Gasteiger partial charge in [0.2, 0.25) is 11.8 Å². The average Bonchev–Trinajstić information content (AvgIpc) is 3.63. The largest absolute Gasteiger partial charge is 0.425 e. The zero-order chi connectivity index (χ0) is 23.4. The third-order valence-electron chi connectivity index (χ3n) is 8.23. The van der Waals surface area contributed by atoms with Crippen molar-refractivity contribution in [1.82, 2.24) is 4.90 Å². The molecule has 2 saturated carbocycles. The predicted octanol–water partition coefficient (Wildman–Crippen LogP) is 4.21. The number of hydrogen-bond acceptors (Lipinski definition) is 4. The lowest BCUT2D eigenvalue weighted by molar-refractivity contribution is -0.153. The van der Waals surface area contributed by atoms with Gasteiger partial charge in [-0.05, 0) is 59.8 Å². The van der Waals surface area contributed by atoms with Crippen molar-refractivity contribution in [2.75, 3.05) is 0 Å². The van der Waals surface area contributed by atoms with Gasteiger partial charge in [-0.2, -0.15) is 0 Å². The number of esters is 1. The number of imide groups is 1. The number of benzene rings is 2. The van der Waals surface area contributed by atoms with Crippen LogP contribution in [0.4, 0.5) is 0 Å². The van der Waals surface area contributed by atoms with Gasteiger partial charge in [0.25, 0.3) is 0 Å². The molecule has 0 aromatic heterocycles. The van der Waals surface area contributed by atoms with E-state index in [1.54, 1.807) is 12.1 Å². The first-order valence-electron chi connectivity index (χ1n) is 12.5. The van der Waals surface area contributed by atoms with Gasteiger partial charge in [0.1, 0.15) is 11.8 Å². The third kappa shape index (κ3) is 3.41. The van der Waals surface area contributed by atoms with Gasteiger partial charge in [-0.25, -0.2) is 4.79 Å². The lowest BCUT2D eigenvalue weighted by Gasteiger charge is -2.37. The van der Waals surface area contributed by atoms with Crippen LogP contribution in [0.1, 0.15) is 30.9 Å². The monoisotopic (exact) mass is 455 g/mol. The second-order valence-electron chi connectivity index (χ2n) is 10.2. The molecule has 1 saturated heterocycles. The second-order valence-corrected chi connectivity index (χ2v) is 10.2. The van der Waals surface area contributed by atoms with E-state index in [0.29, 0.717) is 17.6 Å². The predicted molar refractivity (Wildman–Crippen MR) is 127 cm³/mol. The molecule has 2 aromatic carbocycles. The van der Waals surface area contributed by atoms with E-state index in [2.05, 4.69) is 19.1 Å². The lowest BCUT2D eigenvalue weighted by atomic mass is 9.63. The fourth-order valence-electron chi connectivity index (χ4n) is 6.60. The summed E-state index contributed by atoms with van der Waals surface area (Å²) in [6.07, 6.45) is 7.66. The van der Waals surface area contributed by atoms with Crippen molar-refractivity contribution < 1.29 is 19.1 Å². The molecule has 4 aliphatic carbocycles. The summed E-state index contributed by atoms with van der Waals surface area (Å²) >= 11 is 0. The van der Waals surface area contributed by atoms with Crippen molar-refractivity contribution in [3.63, 3.8) is 0 Å². The molecule has 2 bridgehead atoms. The van der Waals surface area contributed by atoms with Crippen molar-refractivity contribution in [1.29, 1.82) is 0 Å².